The molecule has 2 rings (SSSR count). The van der Waals surface area contributed by atoms with Crippen molar-refractivity contribution in [1.29, 1.82) is 0 Å². The van der Waals surface area contributed by atoms with Crippen LogP contribution >= 0.6 is 0 Å². The first-order chi connectivity index (χ1) is 8.52. The number of amides is 1. The molecule has 0 aromatic heterocycles. The predicted molar refractivity (Wildman–Crippen MR) is 66.5 cm³/mol. The summed E-state index contributed by atoms with van der Waals surface area (Å²) in [6, 6.07) is 3.62. The molecule has 0 bridgehead atoms. The van der Waals surface area contributed by atoms with E-state index in [0.29, 0.717) is 6.54 Å². The van der Waals surface area contributed by atoms with E-state index in [1.54, 1.807) is 4.90 Å². The quantitative estimate of drug-likeness (QED) is 0.778. The molecule has 1 aromatic rings. The minimum atomic E-state index is -0.522. The van der Waals surface area contributed by atoms with Gasteiger partial charge in [-0.15, -0.1) is 0 Å². The summed E-state index contributed by atoms with van der Waals surface area (Å²) in [5.74, 6) is -0.541. The Bertz CT molecular complexity index is 444. The number of carbonyl (C=O) groups is 1. The molecule has 2 atom stereocenters. The van der Waals surface area contributed by atoms with E-state index in [-0.39, 0.29) is 35.7 Å². The van der Waals surface area contributed by atoms with E-state index in [1.807, 2.05) is 6.92 Å². The van der Waals surface area contributed by atoms with Gasteiger partial charge >= 0.3 is 0 Å². The molecule has 1 saturated heterocycles. The minimum absolute atomic E-state index is 0.0717. The highest BCUT2D eigenvalue weighted by Crippen LogP contribution is 2.26. The van der Waals surface area contributed by atoms with Crippen molar-refractivity contribution in [2.45, 2.75) is 19.4 Å². The fraction of sp³-hybridized carbons (Fsp3) is 0.462. The number of hydrogen-bond acceptors (Lipinski definition) is 3. The highest BCUT2D eigenvalue weighted by Gasteiger charge is 2.34. The third-order valence-electron chi connectivity index (χ3n) is 3.50. The van der Waals surface area contributed by atoms with Crippen LogP contribution in [0, 0.1) is 11.7 Å². The number of nitrogens with two attached hydrogens (primary N) is 1. The van der Waals surface area contributed by atoms with Crippen LogP contribution in [0.15, 0.2) is 18.2 Å². The predicted octanol–water partition coefficient (Wildman–Crippen LogP) is 1.25. The van der Waals surface area contributed by atoms with Gasteiger partial charge in [-0.25, -0.2) is 4.39 Å². The van der Waals surface area contributed by atoms with Crippen LogP contribution in [0.5, 0.6) is 0 Å². The summed E-state index contributed by atoms with van der Waals surface area (Å²) in [5, 5.41) is 9.32. The molecule has 0 aliphatic carbocycles. The van der Waals surface area contributed by atoms with Crippen molar-refractivity contribution in [3.05, 3.63) is 29.6 Å². The molecule has 1 fully saturated rings. The zero-order chi connectivity index (χ0) is 13.3. The molecule has 18 heavy (non-hydrogen) atoms. The number of nitrogen functional groups attached to an aromatic ring is 1. The lowest BCUT2D eigenvalue weighted by Gasteiger charge is -2.25. The number of aliphatic hydroxyl groups excluding tert-OH is 1. The van der Waals surface area contributed by atoms with Crippen molar-refractivity contribution in [2.75, 3.05) is 18.9 Å². The topological polar surface area (TPSA) is 66.6 Å². The van der Waals surface area contributed by atoms with Crippen LogP contribution in [0.3, 0.4) is 0 Å². The number of aliphatic hydroxyl groups is 1. The highest BCUT2D eigenvalue weighted by atomic mass is 19.1. The first kappa shape index (κ1) is 12.8. The van der Waals surface area contributed by atoms with Crippen molar-refractivity contribution in [3.8, 4) is 0 Å². The van der Waals surface area contributed by atoms with Crippen LogP contribution in [-0.2, 0) is 0 Å². The second-order valence-corrected chi connectivity index (χ2v) is 4.79. The third kappa shape index (κ3) is 2.31. The van der Waals surface area contributed by atoms with Crippen molar-refractivity contribution in [3.63, 3.8) is 0 Å². The average Bonchev–Trinajstić information content (AvgIpc) is 2.68. The Hall–Kier alpha value is -1.62. The summed E-state index contributed by atoms with van der Waals surface area (Å²) in [5.41, 5.74) is 5.99. The van der Waals surface area contributed by atoms with Gasteiger partial charge in [0.25, 0.3) is 5.91 Å². The Morgan fingerprint density at radius 1 is 1.56 bits per heavy atom. The van der Waals surface area contributed by atoms with Gasteiger partial charge in [-0.3, -0.25) is 4.79 Å². The lowest BCUT2D eigenvalue weighted by molar-refractivity contribution is 0.0648. The van der Waals surface area contributed by atoms with E-state index in [1.165, 1.54) is 18.2 Å². The molecule has 2 unspecified atom stereocenters. The zero-order valence-corrected chi connectivity index (χ0v) is 10.3. The Kier molecular flexibility index (Phi) is 3.52. The Morgan fingerprint density at radius 3 is 2.89 bits per heavy atom. The second kappa shape index (κ2) is 4.94. The minimum Gasteiger partial charge on any atom is -0.399 e. The van der Waals surface area contributed by atoms with E-state index < -0.39 is 5.82 Å². The number of halogens is 1. The van der Waals surface area contributed by atoms with Crippen molar-refractivity contribution in [1.82, 2.24) is 4.90 Å². The fourth-order valence-electron chi connectivity index (χ4n) is 2.44. The maximum Gasteiger partial charge on any atom is 0.254 e. The normalized spacial score (nSPS) is 23.4. The number of hydrogen-bond donors (Lipinski definition) is 2. The number of likely N-dealkylation sites (tertiary alicyclic amines) is 1. The number of nitrogens with zero attached hydrogens (tertiary/aromatic N) is 1. The molecule has 1 aliphatic heterocycles. The van der Waals surface area contributed by atoms with Gasteiger partial charge in [0.15, 0.2) is 0 Å². The smallest absolute Gasteiger partial charge is 0.254 e. The largest absolute Gasteiger partial charge is 0.399 e. The molecular weight excluding hydrogens is 235 g/mol. The highest BCUT2D eigenvalue weighted by molar-refractivity contribution is 5.95. The molecule has 5 heteroatoms. The summed E-state index contributed by atoms with van der Waals surface area (Å²) in [4.78, 5) is 13.9. The number of anilines is 1. The fourth-order valence-corrected chi connectivity index (χ4v) is 2.44. The molecule has 1 aliphatic rings. The van der Waals surface area contributed by atoms with Crippen molar-refractivity contribution in [2.24, 2.45) is 5.92 Å². The van der Waals surface area contributed by atoms with Crippen LogP contribution in [0.25, 0.3) is 0 Å². The van der Waals surface area contributed by atoms with E-state index >= 15 is 0 Å². The van der Waals surface area contributed by atoms with E-state index in [0.717, 1.165) is 6.42 Å². The summed E-state index contributed by atoms with van der Waals surface area (Å²) < 4.78 is 13.2. The maximum atomic E-state index is 13.2. The Morgan fingerprint density at radius 2 is 2.28 bits per heavy atom. The van der Waals surface area contributed by atoms with Crippen molar-refractivity contribution >= 4 is 11.6 Å². The Labute approximate surface area is 105 Å². The summed E-state index contributed by atoms with van der Waals surface area (Å²) in [7, 11) is 0. The van der Waals surface area contributed by atoms with Crippen LogP contribution in [0.2, 0.25) is 0 Å². The van der Waals surface area contributed by atoms with Crippen molar-refractivity contribution < 1.29 is 14.3 Å². The van der Waals surface area contributed by atoms with Gasteiger partial charge in [-0.1, -0.05) is 6.92 Å². The SMILES string of the molecule is CC1CCN(C(=O)c2cc(N)cc(F)c2)C1CO. The van der Waals surface area contributed by atoms with E-state index in [2.05, 4.69) is 0 Å². The van der Waals surface area contributed by atoms with Crippen LogP contribution in [-0.4, -0.2) is 35.1 Å². The monoisotopic (exact) mass is 252 g/mol. The summed E-state index contributed by atoms with van der Waals surface area (Å²) in [6.07, 6.45) is 0.849. The average molecular weight is 252 g/mol. The molecule has 3 N–H and O–H groups in total. The van der Waals surface area contributed by atoms with Gasteiger partial charge in [0.1, 0.15) is 5.82 Å². The van der Waals surface area contributed by atoms with Crippen LogP contribution < -0.4 is 5.73 Å². The van der Waals surface area contributed by atoms with E-state index in [9.17, 15) is 14.3 Å². The van der Waals surface area contributed by atoms with Gasteiger partial charge in [0.2, 0.25) is 0 Å². The number of benzene rings is 1. The molecule has 0 saturated carbocycles. The maximum absolute atomic E-state index is 13.2. The van der Waals surface area contributed by atoms with Crippen LogP contribution in [0.1, 0.15) is 23.7 Å². The van der Waals surface area contributed by atoms with Gasteiger partial charge in [-0.05, 0) is 30.5 Å². The van der Waals surface area contributed by atoms with E-state index in [4.69, 9.17) is 5.73 Å². The lowest BCUT2D eigenvalue weighted by atomic mass is 10.0. The van der Waals surface area contributed by atoms with Crippen LogP contribution in [0.4, 0.5) is 10.1 Å². The summed E-state index contributed by atoms with van der Waals surface area (Å²) >= 11 is 0. The van der Waals surface area contributed by atoms with Gasteiger partial charge in [0.05, 0.1) is 12.6 Å². The third-order valence-corrected chi connectivity index (χ3v) is 3.50. The lowest BCUT2D eigenvalue weighted by Crippen LogP contribution is -2.39. The summed E-state index contributed by atoms with van der Waals surface area (Å²) in [6.45, 7) is 2.51. The molecule has 1 heterocycles. The molecule has 98 valence electrons. The first-order valence-electron chi connectivity index (χ1n) is 6.01. The zero-order valence-electron chi connectivity index (χ0n) is 10.3. The molecule has 1 aromatic carbocycles. The molecule has 4 nitrogen and oxygen atoms in total. The van der Waals surface area contributed by atoms with Gasteiger partial charge in [0, 0.05) is 17.8 Å². The second-order valence-electron chi connectivity index (χ2n) is 4.79. The standard InChI is InChI=1S/C13H17FN2O2/c1-8-2-3-16(12(8)7-17)13(18)9-4-10(14)6-11(15)5-9/h4-6,8,12,17H,2-3,7,15H2,1H3. The van der Waals surface area contributed by atoms with Gasteiger partial charge < -0.3 is 15.7 Å². The Balaban J connectivity index is 2.25. The molecule has 0 radical (unpaired) electrons. The molecule has 0 spiro atoms. The first-order valence-corrected chi connectivity index (χ1v) is 6.01. The number of carbonyl (C=O) groups excluding carboxylic acids is 1. The van der Waals surface area contributed by atoms with Gasteiger partial charge in [-0.2, -0.15) is 0 Å². The molecular formula is C13H17FN2O2. The number of rotatable bonds is 2. The molecule has 1 amide bonds.